The highest BCUT2D eigenvalue weighted by Crippen LogP contribution is 2.37. The monoisotopic (exact) mass is 759 g/mol. The molecule has 0 aliphatic rings. The molecule has 0 aliphatic carbocycles. The summed E-state index contributed by atoms with van der Waals surface area (Å²) in [6.07, 6.45) is 0. The van der Waals surface area contributed by atoms with E-state index in [1.807, 2.05) is 24.3 Å². The Bertz CT molecular complexity index is 3170. The molecule has 60 heavy (non-hydrogen) atoms. The van der Waals surface area contributed by atoms with Gasteiger partial charge in [-0.1, -0.05) is 153 Å². The van der Waals surface area contributed by atoms with Gasteiger partial charge >= 0.3 is 0 Å². The molecule has 7 aromatic carbocycles. The van der Waals surface area contributed by atoms with Gasteiger partial charge in [-0.3, -0.25) is 0 Å². The molecule has 0 bridgehead atoms. The largest absolute Gasteiger partial charge is 0.456 e. The number of furan rings is 1. The maximum Gasteiger partial charge on any atom is 0.164 e. The van der Waals surface area contributed by atoms with Crippen molar-refractivity contribution >= 4 is 168 Å². The number of nitrogens with zero attached hydrogens (tertiary/aromatic N) is 3. The average molecular weight is 758 g/mol. The van der Waals surface area contributed by atoms with Gasteiger partial charge in [0.05, 0.1) is 0 Å². The van der Waals surface area contributed by atoms with Crippen LogP contribution >= 0.6 is 0 Å². The molecule has 0 atom stereocenters. The lowest BCUT2D eigenvalue weighted by Crippen LogP contribution is -2.56. The molecule has 0 N–H and O–H groups in total. The van der Waals surface area contributed by atoms with Gasteiger partial charge in [-0.05, 0) is 27.8 Å². The summed E-state index contributed by atoms with van der Waals surface area (Å²) >= 11 is 0. The van der Waals surface area contributed by atoms with E-state index in [0.717, 1.165) is 60.7 Å². The first-order chi connectivity index (χ1) is 28.8. The normalized spacial score (nSPS) is 11.4. The smallest absolute Gasteiger partial charge is 0.164 e. The Kier molecular flexibility index (Phi) is 10.1. The fraction of sp³-hybridized carbons (Fsp3) is 0. The molecule has 4 nitrogen and oxygen atoms in total. The fourth-order valence-electron chi connectivity index (χ4n) is 9.21. The SMILES string of the molecule is Bc1c(B)c(B)c(-c2c(B)c(B)c(B)c3c2oc2c(B)c(B)c(B)c(-c4nc(-c5ccccc5)nc(-c5ccc(-c6ccc(-c7ccccc7)cc6)cc5)n4)c23)c(B)c1B. The van der Waals surface area contributed by atoms with Crippen molar-refractivity contribution in [1.29, 1.82) is 0 Å². The Morgan fingerprint density at radius 2 is 0.617 bits per heavy atom. The summed E-state index contributed by atoms with van der Waals surface area (Å²) < 4.78 is 7.25. The van der Waals surface area contributed by atoms with Gasteiger partial charge in [0.2, 0.25) is 0 Å². The molecule has 0 spiro atoms. The lowest BCUT2D eigenvalue weighted by Gasteiger charge is -2.23. The third-order valence-corrected chi connectivity index (χ3v) is 13.7. The zero-order chi connectivity index (χ0) is 42.1. The zero-order valence-electron chi connectivity index (χ0n) is 36.6. The van der Waals surface area contributed by atoms with E-state index in [-0.39, 0.29) is 0 Å². The second-order valence-electron chi connectivity index (χ2n) is 16.7. The number of aromatic nitrogens is 3. The van der Waals surface area contributed by atoms with Crippen LogP contribution in [0.1, 0.15) is 0 Å². The van der Waals surface area contributed by atoms with Crippen LogP contribution in [0, 0.1) is 0 Å². The Morgan fingerprint density at radius 1 is 0.267 bits per heavy atom. The van der Waals surface area contributed by atoms with Crippen molar-refractivity contribution < 1.29 is 4.42 Å². The lowest BCUT2D eigenvalue weighted by atomic mass is 9.58. The van der Waals surface area contributed by atoms with E-state index >= 15 is 0 Å². The van der Waals surface area contributed by atoms with Gasteiger partial charge in [0.25, 0.3) is 0 Å². The molecule has 0 aliphatic heterocycles. The first-order valence-electron chi connectivity index (χ1n) is 21.0. The number of benzene rings is 7. The van der Waals surface area contributed by atoms with Crippen LogP contribution in [0.15, 0.2) is 114 Å². The molecule has 9 rings (SSSR count). The van der Waals surface area contributed by atoms with Crippen molar-refractivity contribution in [2.24, 2.45) is 0 Å². The van der Waals surface area contributed by atoms with Crippen LogP contribution in [0.25, 0.3) is 89.5 Å². The highest BCUT2D eigenvalue weighted by molar-refractivity contribution is 6.71. The first kappa shape index (κ1) is 39.5. The molecule has 0 fully saturated rings. The van der Waals surface area contributed by atoms with E-state index in [0.29, 0.717) is 17.5 Å². The van der Waals surface area contributed by atoms with Crippen LogP contribution in [-0.2, 0) is 0 Å². The van der Waals surface area contributed by atoms with E-state index in [4.69, 9.17) is 19.4 Å². The van der Waals surface area contributed by atoms with Gasteiger partial charge in [-0.25, -0.2) is 15.0 Å². The van der Waals surface area contributed by atoms with Gasteiger partial charge in [0.1, 0.15) is 97.5 Å². The minimum absolute atomic E-state index is 0.629. The highest BCUT2D eigenvalue weighted by Gasteiger charge is 2.28. The summed E-state index contributed by atoms with van der Waals surface area (Å²) in [6, 6.07) is 38.1. The Balaban J connectivity index is 1.27. The van der Waals surface area contributed by atoms with Crippen molar-refractivity contribution in [1.82, 2.24) is 15.0 Å². The standard InChI is InChI=1S/C45H40B11N3O/c46-30-26(31(47)37(53)39(55)36(30)52)28-33(49)35(51)32(48)27-25-29(34(50)38(54)40(56)42(25)60-41(27)28)45-58-43(23-9-5-2-6-10-23)57-44(59-45)24-17-15-22(16-18-24)21-13-11-20(12-14-21)19-7-3-1-4-8-19/h1-18H,46-56H2. The van der Waals surface area contributed by atoms with Crippen LogP contribution < -0.4 is 60.1 Å². The van der Waals surface area contributed by atoms with Crippen LogP contribution in [0.2, 0.25) is 0 Å². The summed E-state index contributed by atoms with van der Waals surface area (Å²) in [7, 11) is 24.6. The van der Waals surface area contributed by atoms with Crippen molar-refractivity contribution in [3.63, 3.8) is 0 Å². The predicted octanol–water partition coefficient (Wildman–Crippen LogP) is -7.38. The molecule has 2 heterocycles. The number of hydrogen-bond acceptors (Lipinski definition) is 4. The quantitative estimate of drug-likeness (QED) is 0.159. The van der Waals surface area contributed by atoms with Crippen LogP contribution in [0.4, 0.5) is 0 Å². The lowest BCUT2D eigenvalue weighted by molar-refractivity contribution is 0.673. The molecule has 9 aromatic rings. The van der Waals surface area contributed by atoms with Crippen LogP contribution in [-0.4, -0.2) is 101 Å². The van der Waals surface area contributed by atoms with Gasteiger partial charge in [0, 0.05) is 33.0 Å². The molecule has 0 saturated heterocycles. The van der Waals surface area contributed by atoms with Gasteiger partial charge in [-0.2, -0.15) is 0 Å². The maximum atomic E-state index is 7.25. The Morgan fingerprint density at radius 3 is 1.13 bits per heavy atom. The third kappa shape index (κ3) is 6.36. The summed E-state index contributed by atoms with van der Waals surface area (Å²) in [5.41, 5.74) is 25.6. The van der Waals surface area contributed by atoms with Crippen molar-refractivity contribution in [3.05, 3.63) is 109 Å². The van der Waals surface area contributed by atoms with Gasteiger partial charge in [0.15, 0.2) is 17.5 Å². The summed E-state index contributed by atoms with van der Waals surface area (Å²) in [5, 5.41) is 2.19. The van der Waals surface area contributed by atoms with E-state index in [2.05, 4.69) is 171 Å². The van der Waals surface area contributed by atoms with Gasteiger partial charge in [-0.15, -0.1) is 16.4 Å². The van der Waals surface area contributed by atoms with Crippen LogP contribution in [0.3, 0.4) is 0 Å². The third-order valence-electron chi connectivity index (χ3n) is 13.7. The molecule has 274 valence electrons. The molecule has 0 radical (unpaired) electrons. The van der Waals surface area contributed by atoms with Crippen molar-refractivity contribution in [2.75, 3.05) is 0 Å². The van der Waals surface area contributed by atoms with E-state index < -0.39 is 0 Å². The van der Waals surface area contributed by atoms with E-state index in [1.54, 1.807) is 0 Å². The highest BCUT2D eigenvalue weighted by atomic mass is 16.3. The minimum atomic E-state index is 0.629. The summed E-state index contributed by atoms with van der Waals surface area (Å²) in [5.74, 6) is 1.90. The second kappa shape index (κ2) is 15.3. The van der Waals surface area contributed by atoms with Gasteiger partial charge < -0.3 is 4.42 Å². The van der Waals surface area contributed by atoms with E-state index in [9.17, 15) is 0 Å². The molecule has 0 unspecified atom stereocenters. The number of hydrogen-bond donors (Lipinski definition) is 0. The Labute approximate surface area is 362 Å². The summed E-state index contributed by atoms with van der Waals surface area (Å²) in [4.78, 5) is 15.8. The first-order valence-corrected chi connectivity index (χ1v) is 21.0. The topological polar surface area (TPSA) is 51.8 Å². The Hall–Kier alpha value is -5.94. The number of fused-ring (bicyclic) bond motifs is 3. The molecular weight excluding hydrogens is 717 g/mol. The fourth-order valence-corrected chi connectivity index (χ4v) is 9.21. The van der Waals surface area contributed by atoms with Crippen molar-refractivity contribution in [3.8, 4) is 67.5 Å². The zero-order valence-corrected chi connectivity index (χ0v) is 36.6. The minimum Gasteiger partial charge on any atom is -0.456 e. The molecular formula is C45H40B11N3O. The van der Waals surface area contributed by atoms with Crippen molar-refractivity contribution in [2.45, 2.75) is 0 Å². The number of rotatable bonds is 6. The summed E-state index contributed by atoms with van der Waals surface area (Å²) in [6.45, 7) is 0. The maximum absolute atomic E-state index is 7.25. The predicted molar refractivity (Wildman–Crippen MR) is 290 cm³/mol. The van der Waals surface area contributed by atoms with E-state index in [1.165, 1.54) is 71.4 Å². The molecule has 15 heteroatoms. The van der Waals surface area contributed by atoms with Crippen LogP contribution in [0.5, 0.6) is 0 Å². The average Bonchev–Trinajstić information content (AvgIpc) is 3.68. The molecule has 0 saturated carbocycles. The second-order valence-corrected chi connectivity index (χ2v) is 16.7. The molecule has 0 amide bonds. The molecule has 2 aromatic heterocycles.